The fraction of sp³-hybridized carbons (Fsp3) is 0.636. The summed E-state index contributed by atoms with van der Waals surface area (Å²) in [4.78, 5) is 17.2. The van der Waals surface area contributed by atoms with Gasteiger partial charge in [0.15, 0.2) is 0 Å². The van der Waals surface area contributed by atoms with Gasteiger partial charge in [0.05, 0.1) is 15.9 Å². The lowest BCUT2D eigenvalue weighted by Gasteiger charge is -2.18. The number of sulfonamides is 1. The van der Waals surface area contributed by atoms with Crippen LogP contribution in [0.1, 0.15) is 66.1 Å². The number of rotatable bonds is 12. The normalized spacial score (nSPS) is 13.1. The number of fused-ring (bicyclic) bond motifs is 1. The number of benzene rings is 1. The fourth-order valence-corrected chi connectivity index (χ4v) is 5.25. The van der Waals surface area contributed by atoms with E-state index in [9.17, 15) is 13.2 Å². The number of nitrogens with one attached hydrogen (secondary N) is 1. The number of nitrogens with zero attached hydrogens (tertiary/aromatic N) is 3. The van der Waals surface area contributed by atoms with Crippen molar-refractivity contribution in [3.8, 4) is 0 Å². The van der Waals surface area contributed by atoms with Gasteiger partial charge < -0.3 is 9.88 Å². The van der Waals surface area contributed by atoms with Gasteiger partial charge in [0.25, 0.3) is 0 Å². The molecular formula is C22H36N4O3S. The Bertz CT molecular complexity index is 949. The molecule has 0 aliphatic heterocycles. The van der Waals surface area contributed by atoms with Crippen LogP contribution in [0, 0.1) is 0 Å². The van der Waals surface area contributed by atoms with E-state index < -0.39 is 10.0 Å². The Balaban J connectivity index is 2.30. The van der Waals surface area contributed by atoms with E-state index in [2.05, 4.69) is 23.7 Å². The van der Waals surface area contributed by atoms with E-state index in [1.165, 1.54) is 4.31 Å². The van der Waals surface area contributed by atoms with Gasteiger partial charge in [-0.15, -0.1) is 0 Å². The highest BCUT2D eigenvalue weighted by molar-refractivity contribution is 7.89. The van der Waals surface area contributed by atoms with Crippen LogP contribution in [0.3, 0.4) is 0 Å². The molecule has 1 atom stereocenters. The van der Waals surface area contributed by atoms with Gasteiger partial charge in [-0.3, -0.25) is 4.79 Å². The molecule has 0 bridgehead atoms. The van der Waals surface area contributed by atoms with Crippen molar-refractivity contribution in [3.05, 3.63) is 24.0 Å². The first-order valence-corrected chi connectivity index (χ1v) is 12.5. The summed E-state index contributed by atoms with van der Waals surface area (Å²) >= 11 is 0. The number of amides is 1. The zero-order chi connectivity index (χ0) is 22.3. The van der Waals surface area contributed by atoms with Gasteiger partial charge in [-0.05, 0) is 38.0 Å². The van der Waals surface area contributed by atoms with Gasteiger partial charge in [-0.25, -0.2) is 13.4 Å². The SMILES string of the molecule is CCCC(C)NC(=O)CCc1nc2cc(S(=O)(=O)N(CC)CC)ccc2n1CCC. The third-order valence-corrected chi connectivity index (χ3v) is 7.34. The maximum atomic E-state index is 12.9. The van der Waals surface area contributed by atoms with Crippen molar-refractivity contribution < 1.29 is 13.2 Å². The first-order chi connectivity index (χ1) is 14.3. The molecular weight excluding hydrogens is 400 g/mol. The third kappa shape index (κ3) is 5.60. The monoisotopic (exact) mass is 436 g/mol. The van der Waals surface area contributed by atoms with Crippen molar-refractivity contribution in [1.29, 1.82) is 0 Å². The number of hydrogen-bond donors (Lipinski definition) is 1. The first kappa shape index (κ1) is 24.3. The van der Waals surface area contributed by atoms with Crippen LogP contribution in [0.15, 0.2) is 23.1 Å². The summed E-state index contributed by atoms with van der Waals surface area (Å²) in [6, 6.07) is 5.32. The Kier molecular flexibility index (Phi) is 8.85. The van der Waals surface area contributed by atoms with Crippen LogP contribution in [-0.2, 0) is 27.8 Å². The molecule has 1 aromatic heterocycles. The van der Waals surface area contributed by atoms with Crippen LogP contribution in [0.25, 0.3) is 11.0 Å². The predicted molar refractivity (Wildman–Crippen MR) is 121 cm³/mol. The van der Waals surface area contributed by atoms with Gasteiger partial charge in [-0.1, -0.05) is 34.1 Å². The van der Waals surface area contributed by atoms with Gasteiger partial charge >= 0.3 is 0 Å². The lowest BCUT2D eigenvalue weighted by molar-refractivity contribution is -0.121. The number of aromatic nitrogens is 2. The van der Waals surface area contributed by atoms with Crippen LogP contribution in [0.2, 0.25) is 0 Å². The molecule has 7 nitrogen and oxygen atoms in total. The van der Waals surface area contributed by atoms with Crippen molar-refractivity contribution >= 4 is 27.0 Å². The van der Waals surface area contributed by atoms with Gasteiger partial charge in [0, 0.05) is 38.5 Å². The zero-order valence-corrected chi connectivity index (χ0v) is 19.8. The lowest BCUT2D eigenvalue weighted by Crippen LogP contribution is -2.32. The van der Waals surface area contributed by atoms with E-state index in [0.29, 0.717) is 31.4 Å². The van der Waals surface area contributed by atoms with E-state index in [-0.39, 0.29) is 16.8 Å². The van der Waals surface area contributed by atoms with Gasteiger partial charge in [-0.2, -0.15) is 4.31 Å². The van der Waals surface area contributed by atoms with Crippen LogP contribution < -0.4 is 5.32 Å². The molecule has 1 amide bonds. The summed E-state index contributed by atoms with van der Waals surface area (Å²) in [6.45, 7) is 11.5. The van der Waals surface area contributed by atoms with Crippen LogP contribution in [0.4, 0.5) is 0 Å². The molecule has 1 N–H and O–H groups in total. The molecule has 1 heterocycles. The molecule has 2 rings (SSSR count). The fourth-order valence-electron chi connectivity index (χ4n) is 3.77. The molecule has 0 aliphatic carbocycles. The maximum absolute atomic E-state index is 12.9. The number of imidazole rings is 1. The van der Waals surface area contributed by atoms with Crippen molar-refractivity contribution in [2.24, 2.45) is 0 Å². The Labute approximate surface area is 180 Å². The van der Waals surface area contributed by atoms with E-state index in [0.717, 1.165) is 37.1 Å². The number of hydrogen-bond acceptors (Lipinski definition) is 4. The average molecular weight is 437 g/mol. The summed E-state index contributed by atoms with van der Waals surface area (Å²) in [5.41, 5.74) is 1.57. The molecule has 1 unspecified atom stereocenters. The molecule has 2 aromatic rings. The largest absolute Gasteiger partial charge is 0.354 e. The van der Waals surface area contributed by atoms with E-state index in [1.54, 1.807) is 12.1 Å². The highest BCUT2D eigenvalue weighted by Gasteiger charge is 2.23. The van der Waals surface area contributed by atoms with Crippen LogP contribution >= 0.6 is 0 Å². The lowest BCUT2D eigenvalue weighted by atomic mass is 10.2. The molecule has 8 heteroatoms. The molecule has 0 saturated carbocycles. The van der Waals surface area contributed by atoms with E-state index >= 15 is 0 Å². The number of carbonyl (C=O) groups excluding carboxylic acids is 1. The Morgan fingerprint density at radius 3 is 2.47 bits per heavy atom. The van der Waals surface area contributed by atoms with Gasteiger partial charge in [0.1, 0.15) is 5.82 Å². The molecule has 0 radical (unpaired) electrons. The van der Waals surface area contributed by atoms with Gasteiger partial charge in [0.2, 0.25) is 15.9 Å². The summed E-state index contributed by atoms with van der Waals surface area (Å²) in [7, 11) is -3.53. The second-order valence-corrected chi connectivity index (χ2v) is 9.61. The smallest absolute Gasteiger partial charge is 0.243 e. The minimum Gasteiger partial charge on any atom is -0.354 e. The minimum atomic E-state index is -3.53. The molecule has 168 valence electrons. The molecule has 0 aliphatic rings. The Morgan fingerprint density at radius 2 is 1.87 bits per heavy atom. The quantitative estimate of drug-likeness (QED) is 0.550. The average Bonchev–Trinajstić information content (AvgIpc) is 3.04. The number of aryl methyl sites for hydroxylation is 2. The first-order valence-electron chi connectivity index (χ1n) is 11.1. The third-order valence-electron chi connectivity index (χ3n) is 5.29. The van der Waals surface area contributed by atoms with Crippen molar-refractivity contribution in [1.82, 2.24) is 19.2 Å². The Hall–Kier alpha value is -1.93. The maximum Gasteiger partial charge on any atom is 0.243 e. The van der Waals surface area contributed by atoms with E-state index in [1.807, 2.05) is 26.8 Å². The molecule has 0 spiro atoms. The van der Waals surface area contributed by atoms with Crippen LogP contribution in [-0.4, -0.2) is 47.3 Å². The topological polar surface area (TPSA) is 84.3 Å². The summed E-state index contributed by atoms with van der Waals surface area (Å²) in [6.07, 6.45) is 3.82. The Morgan fingerprint density at radius 1 is 1.17 bits per heavy atom. The van der Waals surface area contributed by atoms with Crippen molar-refractivity contribution in [2.75, 3.05) is 13.1 Å². The summed E-state index contributed by atoms with van der Waals surface area (Å²) in [5.74, 6) is 0.846. The summed E-state index contributed by atoms with van der Waals surface area (Å²) < 4.78 is 29.3. The highest BCUT2D eigenvalue weighted by Crippen LogP contribution is 2.24. The molecule has 30 heavy (non-hydrogen) atoms. The zero-order valence-electron chi connectivity index (χ0n) is 18.9. The van der Waals surface area contributed by atoms with Crippen LogP contribution in [0.5, 0.6) is 0 Å². The number of carbonyl (C=O) groups is 1. The van der Waals surface area contributed by atoms with Crippen molar-refractivity contribution in [3.63, 3.8) is 0 Å². The molecule has 1 aromatic carbocycles. The summed E-state index contributed by atoms with van der Waals surface area (Å²) in [5, 5.41) is 3.03. The molecule has 0 saturated heterocycles. The second-order valence-electron chi connectivity index (χ2n) is 7.68. The van der Waals surface area contributed by atoms with E-state index in [4.69, 9.17) is 4.98 Å². The predicted octanol–water partition coefficient (Wildman–Crippen LogP) is 3.71. The molecule has 0 fully saturated rings. The second kappa shape index (κ2) is 10.9. The minimum absolute atomic E-state index is 0.0239. The van der Waals surface area contributed by atoms with Crippen molar-refractivity contribution in [2.45, 2.75) is 84.2 Å². The highest BCUT2D eigenvalue weighted by atomic mass is 32.2. The standard InChI is InChI=1S/C22H36N4O3S/c1-6-10-17(5)23-22(27)14-13-21-24-19-16-18(30(28,29)25(8-3)9-4)11-12-20(19)26(21)15-7-2/h11-12,16-17H,6-10,13-15H2,1-5H3,(H,23,27).